The van der Waals surface area contributed by atoms with Gasteiger partial charge in [0.25, 0.3) is 0 Å². The third kappa shape index (κ3) is 4.77. The lowest BCUT2D eigenvalue weighted by molar-refractivity contribution is 1.17. The lowest BCUT2D eigenvalue weighted by atomic mass is 10.2. The van der Waals surface area contributed by atoms with Crippen molar-refractivity contribution < 1.29 is 0 Å². The summed E-state index contributed by atoms with van der Waals surface area (Å²) in [5.74, 6) is 0. The Labute approximate surface area is 157 Å². The molecule has 0 saturated heterocycles. The molecule has 0 bridgehead atoms. The zero-order chi connectivity index (χ0) is 17.6. The SMILES string of the molecule is C/C(=N\Nc1nc(C)c(N=Nc2ccc(Br)cc2)s1)c1ccncc1. The Bertz CT molecular complexity index is 903. The van der Waals surface area contributed by atoms with Crippen LogP contribution in [0.15, 0.2) is 68.6 Å². The van der Waals surface area contributed by atoms with Gasteiger partial charge >= 0.3 is 0 Å². The first kappa shape index (κ1) is 17.4. The number of pyridine rings is 1. The van der Waals surface area contributed by atoms with Gasteiger partial charge in [0.05, 0.1) is 17.1 Å². The number of azo groups is 1. The normalized spacial score (nSPS) is 11.9. The smallest absolute Gasteiger partial charge is 0.205 e. The van der Waals surface area contributed by atoms with Gasteiger partial charge in [0.15, 0.2) is 5.00 Å². The van der Waals surface area contributed by atoms with Gasteiger partial charge in [-0.25, -0.2) is 4.98 Å². The molecule has 0 aliphatic rings. The molecule has 6 nitrogen and oxygen atoms in total. The molecule has 2 aromatic heterocycles. The molecule has 1 N–H and O–H groups in total. The van der Waals surface area contributed by atoms with Gasteiger partial charge in [0.2, 0.25) is 5.13 Å². The maximum absolute atomic E-state index is 4.43. The van der Waals surface area contributed by atoms with Crippen LogP contribution in [-0.2, 0) is 0 Å². The Balaban J connectivity index is 1.71. The van der Waals surface area contributed by atoms with Crippen molar-refractivity contribution in [3.05, 3.63) is 64.5 Å². The topological polar surface area (TPSA) is 74.9 Å². The van der Waals surface area contributed by atoms with Gasteiger partial charge in [0.1, 0.15) is 0 Å². The molecule has 3 rings (SSSR count). The van der Waals surface area contributed by atoms with Crippen LogP contribution in [0.1, 0.15) is 18.2 Å². The molecular formula is C17H15BrN6S. The van der Waals surface area contributed by atoms with E-state index in [2.05, 4.69) is 46.7 Å². The van der Waals surface area contributed by atoms with Crippen LogP contribution in [0.5, 0.6) is 0 Å². The van der Waals surface area contributed by atoms with Crippen LogP contribution in [0.25, 0.3) is 0 Å². The molecule has 126 valence electrons. The van der Waals surface area contributed by atoms with Gasteiger partial charge in [-0.1, -0.05) is 27.3 Å². The van der Waals surface area contributed by atoms with Crippen molar-refractivity contribution in [3.8, 4) is 0 Å². The number of thiazole rings is 1. The van der Waals surface area contributed by atoms with Gasteiger partial charge in [-0.15, -0.1) is 10.2 Å². The van der Waals surface area contributed by atoms with Gasteiger partial charge in [-0.2, -0.15) is 5.10 Å². The third-order valence-electron chi connectivity index (χ3n) is 3.27. The van der Waals surface area contributed by atoms with E-state index >= 15 is 0 Å². The van der Waals surface area contributed by atoms with E-state index in [1.54, 1.807) is 12.4 Å². The summed E-state index contributed by atoms with van der Waals surface area (Å²) in [5.41, 5.74) is 6.44. The quantitative estimate of drug-likeness (QED) is 0.322. The minimum Gasteiger partial charge on any atom is -0.265 e. The standard InChI is InChI=1S/C17H15BrN6S/c1-11(13-7-9-19-10-8-13)21-24-17-20-12(2)16(25-17)23-22-15-5-3-14(18)4-6-15/h3-10H,1-2H3,(H,20,24)/b21-11+,23-22?. The fourth-order valence-electron chi connectivity index (χ4n) is 1.93. The van der Waals surface area contributed by atoms with Crippen LogP contribution < -0.4 is 5.43 Å². The maximum Gasteiger partial charge on any atom is 0.205 e. The predicted octanol–water partition coefficient (Wildman–Crippen LogP) is 5.86. The van der Waals surface area contributed by atoms with Crippen molar-refractivity contribution in [2.24, 2.45) is 15.3 Å². The Morgan fingerprint density at radius 1 is 1.08 bits per heavy atom. The molecule has 0 radical (unpaired) electrons. The summed E-state index contributed by atoms with van der Waals surface area (Å²) >= 11 is 4.81. The van der Waals surface area contributed by atoms with Gasteiger partial charge in [-0.05, 0) is 50.2 Å². The molecule has 0 amide bonds. The molecule has 0 saturated carbocycles. The molecule has 8 heteroatoms. The average molecular weight is 415 g/mol. The highest BCUT2D eigenvalue weighted by Gasteiger charge is 2.07. The molecule has 2 heterocycles. The van der Waals surface area contributed by atoms with Crippen LogP contribution in [0.4, 0.5) is 15.8 Å². The number of nitrogens with zero attached hydrogens (tertiary/aromatic N) is 5. The second kappa shape index (κ2) is 8.09. The van der Waals surface area contributed by atoms with Crippen molar-refractivity contribution in [2.75, 3.05) is 5.43 Å². The first-order valence-corrected chi connectivity index (χ1v) is 9.08. The summed E-state index contributed by atoms with van der Waals surface area (Å²) in [6, 6.07) is 11.5. The van der Waals surface area contributed by atoms with E-state index in [0.29, 0.717) is 5.13 Å². The number of halogens is 1. The fraction of sp³-hybridized carbons (Fsp3) is 0.118. The lowest BCUT2D eigenvalue weighted by Crippen LogP contribution is -1.99. The lowest BCUT2D eigenvalue weighted by Gasteiger charge is -1.99. The van der Waals surface area contributed by atoms with Crippen molar-refractivity contribution in [1.29, 1.82) is 0 Å². The van der Waals surface area contributed by atoms with E-state index in [9.17, 15) is 0 Å². The molecule has 0 aliphatic carbocycles. The van der Waals surface area contributed by atoms with Crippen LogP contribution in [0.2, 0.25) is 0 Å². The van der Waals surface area contributed by atoms with Crippen LogP contribution >= 0.6 is 27.3 Å². The number of hydrogen-bond acceptors (Lipinski definition) is 7. The number of aryl methyl sites for hydroxylation is 1. The van der Waals surface area contributed by atoms with E-state index in [1.807, 2.05) is 50.2 Å². The zero-order valence-corrected chi connectivity index (χ0v) is 16.0. The summed E-state index contributed by atoms with van der Waals surface area (Å²) in [6.07, 6.45) is 3.48. The highest BCUT2D eigenvalue weighted by molar-refractivity contribution is 9.10. The molecule has 0 fully saturated rings. The van der Waals surface area contributed by atoms with Crippen molar-refractivity contribution in [1.82, 2.24) is 9.97 Å². The second-order valence-corrected chi connectivity index (χ2v) is 7.02. The maximum atomic E-state index is 4.43. The monoisotopic (exact) mass is 414 g/mol. The number of rotatable bonds is 5. The van der Waals surface area contributed by atoms with E-state index < -0.39 is 0 Å². The zero-order valence-electron chi connectivity index (χ0n) is 13.6. The summed E-state index contributed by atoms with van der Waals surface area (Å²) in [4.78, 5) is 8.43. The highest BCUT2D eigenvalue weighted by atomic mass is 79.9. The summed E-state index contributed by atoms with van der Waals surface area (Å²) in [5, 5.41) is 14.3. The van der Waals surface area contributed by atoms with Gasteiger partial charge in [-0.3, -0.25) is 10.4 Å². The first-order chi connectivity index (χ1) is 12.1. The van der Waals surface area contributed by atoms with E-state index in [-0.39, 0.29) is 0 Å². The number of anilines is 1. The van der Waals surface area contributed by atoms with Crippen LogP contribution in [0, 0.1) is 6.92 Å². The third-order valence-corrected chi connectivity index (χ3v) is 4.75. The number of aromatic nitrogens is 2. The van der Waals surface area contributed by atoms with Crippen LogP contribution in [0.3, 0.4) is 0 Å². The summed E-state index contributed by atoms with van der Waals surface area (Å²) in [7, 11) is 0. The highest BCUT2D eigenvalue weighted by Crippen LogP contribution is 2.32. The number of nitrogens with one attached hydrogen (secondary N) is 1. The largest absolute Gasteiger partial charge is 0.265 e. The minimum absolute atomic E-state index is 0.677. The number of hydrogen-bond donors (Lipinski definition) is 1. The number of benzene rings is 1. The molecule has 0 aliphatic heterocycles. The molecule has 3 aromatic rings. The Kier molecular flexibility index (Phi) is 5.62. The van der Waals surface area contributed by atoms with Crippen molar-refractivity contribution in [2.45, 2.75) is 13.8 Å². The molecule has 1 aromatic carbocycles. The van der Waals surface area contributed by atoms with Crippen LogP contribution in [-0.4, -0.2) is 15.7 Å². The minimum atomic E-state index is 0.677. The molecule has 0 spiro atoms. The first-order valence-electron chi connectivity index (χ1n) is 7.47. The van der Waals surface area contributed by atoms with Crippen molar-refractivity contribution in [3.63, 3.8) is 0 Å². The predicted molar refractivity (Wildman–Crippen MR) is 105 cm³/mol. The molecule has 25 heavy (non-hydrogen) atoms. The second-order valence-electron chi connectivity index (χ2n) is 5.13. The van der Waals surface area contributed by atoms with Gasteiger partial charge < -0.3 is 0 Å². The van der Waals surface area contributed by atoms with E-state index in [0.717, 1.165) is 32.1 Å². The summed E-state index contributed by atoms with van der Waals surface area (Å²) < 4.78 is 1.01. The van der Waals surface area contributed by atoms with Crippen molar-refractivity contribution >= 4 is 48.8 Å². The van der Waals surface area contributed by atoms with Gasteiger partial charge in [0, 0.05) is 22.4 Å². The Morgan fingerprint density at radius 2 is 1.80 bits per heavy atom. The average Bonchev–Trinajstić information content (AvgIpc) is 3.00. The molecule has 0 unspecified atom stereocenters. The fourth-order valence-corrected chi connectivity index (χ4v) is 2.93. The summed E-state index contributed by atoms with van der Waals surface area (Å²) in [6.45, 7) is 3.83. The molecular weight excluding hydrogens is 400 g/mol. The Hall–Kier alpha value is -2.45. The van der Waals surface area contributed by atoms with E-state index in [4.69, 9.17) is 0 Å². The Morgan fingerprint density at radius 3 is 2.52 bits per heavy atom. The van der Waals surface area contributed by atoms with E-state index in [1.165, 1.54) is 11.3 Å². The number of hydrazone groups is 1. The molecule has 0 atom stereocenters.